The van der Waals surface area contributed by atoms with Gasteiger partial charge in [-0.25, -0.2) is 4.39 Å². The van der Waals surface area contributed by atoms with Gasteiger partial charge in [0.25, 0.3) is 0 Å². The van der Waals surface area contributed by atoms with Gasteiger partial charge in [0, 0.05) is 4.47 Å². The van der Waals surface area contributed by atoms with Crippen molar-refractivity contribution in [1.29, 1.82) is 0 Å². The first-order chi connectivity index (χ1) is 9.11. The Morgan fingerprint density at radius 1 is 1.26 bits per heavy atom. The SMILES string of the molecule is Cc1cc(F)ccc1C(Cc1ccccc1Br)NN. The van der Waals surface area contributed by atoms with Crippen LogP contribution in [-0.4, -0.2) is 0 Å². The summed E-state index contributed by atoms with van der Waals surface area (Å²) in [7, 11) is 0. The second-order valence-electron chi connectivity index (χ2n) is 4.52. The molecule has 0 aliphatic rings. The zero-order valence-electron chi connectivity index (χ0n) is 10.7. The van der Waals surface area contributed by atoms with Crippen LogP contribution in [0.25, 0.3) is 0 Å². The van der Waals surface area contributed by atoms with Crippen molar-refractivity contribution in [2.24, 2.45) is 5.84 Å². The van der Waals surface area contributed by atoms with E-state index in [0.717, 1.165) is 27.6 Å². The number of nitrogens with two attached hydrogens (primary N) is 1. The van der Waals surface area contributed by atoms with E-state index in [4.69, 9.17) is 5.84 Å². The van der Waals surface area contributed by atoms with Crippen LogP contribution in [0, 0.1) is 12.7 Å². The Kier molecular flexibility index (Phi) is 4.69. The summed E-state index contributed by atoms with van der Waals surface area (Å²) in [6.45, 7) is 1.89. The molecule has 4 heteroatoms. The van der Waals surface area contributed by atoms with Gasteiger partial charge >= 0.3 is 0 Å². The third-order valence-electron chi connectivity index (χ3n) is 3.19. The predicted molar refractivity (Wildman–Crippen MR) is 79.0 cm³/mol. The lowest BCUT2D eigenvalue weighted by atomic mass is 9.96. The fraction of sp³-hybridized carbons (Fsp3) is 0.200. The first kappa shape index (κ1) is 14.2. The van der Waals surface area contributed by atoms with Gasteiger partial charge in [-0.1, -0.05) is 40.2 Å². The molecule has 2 rings (SSSR count). The molecule has 100 valence electrons. The summed E-state index contributed by atoms with van der Waals surface area (Å²) in [6.07, 6.45) is 0.740. The summed E-state index contributed by atoms with van der Waals surface area (Å²) in [5, 5.41) is 0. The molecule has 0 aliphatic carbocycles. The maximum absolute atomic E-state index is 13.1. The molecule has 0 aromatic heterocycles. The third-order valence-corrected chi connectivity index (χ3v) is 3.96. The van der Waals surface area contributed by atoms with E-state index in [1.54, 1.807) is 6.07 Å². The highest BCUT2D eigenvalue weighted by atomic mass is 79.9. The van der Waals surface area contributed by atoms with Crippen LogP contribution in [-0.2, 0) is 6.42 Å². The zero-order chi connectivity index (χ0) is 13.8. The minimum atomic E-state index is -0.224. The summed E-state index contributed by atoms with van der Waals surface area (Å²) in [5.41, 5.74) is 5.88. The number of rotatable bonds is 4. The molecule has 3 N–H and O–H groups in total. The normalized spacial score (nSPS) is 12.4. The molecule has 0 saturated carbocycles. The fourth-order valence-corrected chi connectivity index (χ4v) is 2.62. The van der Waals surface area contributed by atoms with Gasteiger partial charge in [-0.2, -0.15) is 0 Å². The van der Waals surface area contributed by atoms with Crippen molar-refractivity contribution in [2.45, 2.75) is 19.4 Å². The molecule has 19 heavy (non-hydrogen) atoms. The second kappa shape index (κ2) is 6.28. The summed E-state index contributed by atoms with van der Waals surface area (Å²) in [6, 6.07) is 12.7. The maximum Gasteiger partial charge on any atom is 0.123 e. The summed E-state index contributed by atoms with van der Waals surface area (Å²) >= 11 is 3.53. The molecule has 0 saturated heterocycles. The third kappa shape index (κ3) is 3.41. The van der Waals surface area contributed by atoms with Gasteiger partial charge in [0.05, 0.1) is 6.04 Å². The summed E-state index contributed by atoms with van der Waals surface area (Å²) < 4.78 is 14.2. The van der Waals surface area contributed by atoms with Crippen molar-refractivity contribution in [1.82, 2.24) is 5.43 Å². The number of benzene rings is 2. The Balaban J connectivity index is 2.28. The Bertz CT molecular complexity index is 572. The maximum atomic E-state index is 13.1. The highest BCUT2D eigenvalue weighted by Crippen LogP contribution is 2.25. The highest BCUT2D eigenvalue weighted by molar-refractivity contribution is 9.10. The highest BCUT2D eigenvalue weighted by Gasteiger charge is 2.14. The van der Waals surface area contributed by atoms with Crippen LogP contribution in [0.5, 0.6) is 0 Å². The van der Waals surface area contributed by atoms with Crippen LogP contribution in [0.4, 0.5) is 4.39 Å². The van der Waals surface area contributed by atoms with Crippen molar-refractivity contribution < 1.29 is 4.39 Å². The Morgan fingerprint density at radius 3 is 2.63 bits per heavy atom. The molecule has 2 aromatic rings. The molecule has 0 aliphatic heterocycles. The van der Waals surface area contributed by atoms with Gasteiger partial charge in [0.2, 0.25) is 0 Å². The van der Waals surface area contributed by atoms with Gasteiger partial charge in [-0.05, 0) is 48.2 Å². The number of nitrogens with one attached hydrogen (secondary N) is 1. The minimum Gasteiger partial charge on any atom is -0.271 e. The van der Waals surface area contributed by atoms with Crippen molar-refractivity contribution in [3.05, 3.63) is 69.4 Å². The zero-order valence-corrected chi connectivity index (χ0v) is 12.2. The Hall–Kier alpha value is -1.23. The molecule has 0 radical (unpaired) electrons. The van der Waals surface area contributed by atoms with Crippen LogP contribution < -0.4 is 11.3 Å². The van der Waals surface area contributed by atoms with E-state index in [2.05, 4.69) is 21.4 Å². The van der Waals surface area contributed by atoms with Gasteiger partial charge in [-0.3, -0.25) is 11.3 Å². The van der Waals surface area contributed by atoms with Crippen molar-refractivity contribution in [2.75, 3.05) is 0 Å². The molecule has 1 unspecified atom stereocenters. The van der Waals surface area contributed by atoms with Crippen LogP contribution in [0.1, 0.15) is 22.7 Å². The lowest BCUT2D eigenvalue weighted by molar-refractivity contribution is 0.545. The van der Waals surface area contributed by atoms with Crippen LogP contribution in [0.15, 0.2) is 46.9 Å². The van der Waals surface area contributed by atoms with Crippen molar-refractivity contribution >= 4 is 15.9 Å². The number of halogens is 2. The molecule has 0 bridgehead atoms. The first-order valence-electron chi connectivity index (χ1n) is 6.07. The summed E-state index contributed by atoms with van der Waals surface area (Å²) in [5.74, 6) is 5.43. The van der Waals surface area contributed by atoms with Crippen molar-refractivity contribution in [3.8, 4) is 0 Å². The molecular formula is C15H16BrFN2. The Morgan fingerprint density at radius 2 is 2.00 bits per heavy atom. The van der Waals surface area contributed by atoms with Gasteiger partial charge < -0.3 is 0 Å². The number of hydrazine groups is 1. The van der Waals surface area contributed by atoms with Gasteiger partial charge in [0.1, 0.15) is 5.82 Å². The second-order valence-corrected chi connectivity index (χ2v) is 5.37. The van der Waals surface area contributed by atoms with E-state index in [1.807, 2.05) is 31.2 Å². The molecular weight excluding hydrogens is 307 g/mol. The molecule has 0 heterocycles. The molecule has 0 amide bonds. The molecule has 2 aromatic carbocycles. The average Bonchev–Trinajstić information content (AvgIpc) is 2.39. The molecule has 0 spiro atoms. The smallest absolute Gasteiger partial charge is 0.123 e. The van der Waals surface area contributed by atoms with Gasteiger partial charge in [0.15, 0.2) is 0 Å². The number of hydrogen-bond donors (Lipinski definition) is 2. The molecule has 0 fully saturated rings. The fourth-order valence-electron chi connectivity index (χ4n) is 2.17. The van der Waals surface area contributed by atoms with E-state index in [9.17, 15) is 4.39 Å². The van der Waals surface area contributed by atoms with E-state index in [1.165, 1.54) is 12.1 Å². The number of hydrogen-bond acceptors (Lipinski definition) is 2. The minimum absolute atomic E-state index is 0.0423. The van der Waals surface area contributed by atoms with Crippen molar-refractivity contribution in [3.63, 3.8) is 0 Å². The Labute approximate surface area is 120 Å². The van der Waals surface area contributed by atoms with Crippen LogP contribution in [0.2, 0.25) is 0 Å². The molecule has 1 atom stereocenters. The van der Waals surface area contributed by atoms with E-state index >= 15 is 0 Å². The summed E-state index contributed by atoms with van der Waals surface area (Å²) in [4.78, 5) is 0. The van der Waals surface area contributed by atoms with E-state index < -0.39 is 0 Å². The van der Waals surface area contributed by atoms with E-state index in [0.29, 0.717) is 0 Å². The largest absolute Gasteiger partial charge is 0.271 e. The monoisotopic (exact) mass is 322 g/mol. The lowest BCUT2D eigenvalue weighted by Gasteiger charge is -2.19. The molecule has 2 nitrogen and oxygen atoms in total. The quantitative estimate of drug-likeness (QED) is 0.666. The first-order valence-corrected chi connectivity index (χ1v) is 6.86. The number of aryl methyl sites for hydroxylation is 1. The lowest BCUT2D eigenvalue weighted by Crippen LogP contribution is -2.30. The van der Waals surface area contributed by atoms with Gasteiger partial charge in [-0.15, -0.1) is 0 Å². The van der Waals surface area contributed by atoms with E-state index in [-0.39, 0.29) is 11.9 Å². The van der Waals surface area contributed by atoms with Crippen LogP contribution in [0.3, 0.4) is 0 Å². The standard InChI is InChI=1S/C15H16BrFN2/c1-10-8-12(17)6-7-13(10)15(19-18)9-11-4-2-3-5-14(11)16/h2-8,15,19H,9,18H2,1H3. The predicted octanol–water partition coefficient (Wildman–Crippen LogP) is 3.64. The van der Waals surface area contributed by atoms with Crippen LogP contribution >= 0.6 is 15.9 Å². The average molecular weight is 323 g/mol. The topological polar surface area (TPSA) is 38.0 Å².